The average molecular weight is 424 g/mol. The number of carbonyl (C=O) groups excluding carboxylic acids is 2. The van der Waals surface area contributed by atoms with Gasteiger partial charge in [0.05, 0.1) is 0 Å². The van der Waals surface area contributed by atoms with Crippen molar-refractivity contribution in [2.24, 2.45) is 0 Å². The zero-order valence-corrected chi connectivity index (χ0v) is 16.7. The van der Waals surface area contributed by atoms with Gasteiger partial charge in [-0.1, -0.05) is 23.4 Å². The third-order valence-electron chi connectivity index (χ3n) is 4.44. The maximum absolute atomic E-state index is 12.2. The monoisotopic (exact) mass is 424 g/mol. The number of amides is 2. The smallest absolute Gasteiger partial charge is 0.316 e. The van der Waals surface area contributed by atoms with E-state index in [2.05, 4.69) is 20.8 Å². The normalized spacial score (nSPS) is 11.8. The second kappa shape index (κ2) is 9.16. The summed E-state index contributed by atoms with van der Waals surface area (Å²) >= 11 is 0. The van der Waals surface area contributed by atoms with E-state index in [0.29, 0.717) is 22.8 Å². The predicted octanol–water partition coefficient (Wildman–Crippen LogP) is 1.70. The van der Waals surface area contributed by atoms with Gasteiger partial charge in [0, 0.05) is 18.7 Å². The highest BCUT2D eigenvalue weighted by atomic mass is 16.7. The molecule has 0 atom stereocenters. The first kappa shape index (κ1) is 20.2. The van der Waals surface area contributed by atoms with Gasteiger partial charge in [-0.05, 0) is 36.8 Å². The predicted molar refractivity (Wildman–Crippen MR) is 108 cm³/mol. The number of aromatic nitrogens is 2. The molecule has 10 nitrogen and oxygen atoms in total. The van der Waals surface area contributed by atoms with Gasteiger partial charge < -0.3 is 29.4 Å². The molecule has 2 heterocycles. The minimum atomic E-state index is -0.537. The molecule has 10 heteroatoms. The molecule has 3 aromatic rings. The number of fused-ring (bicyclic) bond motifs is 1. The van der Waals surface area contributed by atoms with Crippen molar-refractivity contribution in [3.63, 3.8) is 0 Å². The van der Waals surface area contributed by atoms with Gasteiger partial charge in [-0.2, -0.15) is 4.98 Å². The van der Waals surface area contributed by atoms with Crippen molar-refractivity contribution < 1.29 is 28.3 Å². The number of aryl methyl sites for hydroxylation is 1. The standard InChI is InChI=1S/C21H20N4O6/c1-13-4-2-3-5-15(13)28-11-18(26)22-8-9-23-20(27)21-24-19(25-31-21)14-6-7-16-17(10-14)30-12-29-16/h2-7,10H,8-9,11-12H2,1H3,(H,22,26)(H,23,27). The van der Waals surface area contributed by atoms with Crippen LogP contribution in [0.2, 0.25) is 0 Å². The quantitative estimate of drug-likeness (QED) is 0.524. The Labute approximate surface area is 177 Å². The molecule has 160 valence electrons. The highest BCUT2D eigenvalue weighted by molar-refractivity contribution is 5.90. The number of nitrogens with zero attached hydrogens (tertiary/aromatic N) is 2. The van der Waals surface area contributed by atoms with Crippen LogP contribution in [-0.2, 0) is 4.79 Å². The molecule has 4 rings (SSSR count). The first-order chi connectivity index (χ1) is 15.1. The lowest BCUT2D eigenvalue weighted by molar-refractivity contribution is -0.123. The summed E-state index contributed by atoms with van der Waals surface area (Å²) in [6, 6.07) is 12.6. The fourth-order valence-corrected chi connectivity index (χ4v) is 2.83. The number of rotatable bonds is 8. The molecular formula is C21H20N4O6. The maximum Gasteiger partial charge on any atom is 0.316 e. The van der Waals surface area contributed by atoms with Crippen molar-refractivity contribution in [3.8, 4) is 28.6 Å². The largest absolute Gasteiger partial charge is 0.484 e. The number of carbonyl (C=O) groups is 2. The van der Waals surface area contributed by atoms with Gasteiger partial charge in [-0.15, -0.1) is 0 Å². The summed E-state index contributed by atoms with van der Waals surface area (Å²) in [6.07, 6.45) is 0. The molecule has 0 radical (unpaired) electrons. The second-order valence-electron chi connectivity index (χ2n) is 6.65. The Morgan fingerprint density at radius 2 is 1.87 bits per heavy atom. The molecule has 0 saturated heterocycles. The summed E-state index contributed by atoms with van der Waals surface area (Å²) in [4.78, 5) is 28.2. The molecule has 0 bridgehead atoms. The number of hydrogen-bond donors (Lipinski definition) is 2. The van der Waals surface area contributed by atoms with E-state index in [1.165, 1.54) is 0 Å². The van der Waals surface area contributed by atoms with E-state index in [0.717, 1.165) is 5.56 Å². The molecule has 2 amide bonds. The van der Waals surface area contributed by atoms with Gasteiger partial charge in [0.25, 0.3) is 5.91 Å². The molecule has 2 aromatic carbocycles. The molecule has 0 aliphatic carbocycles. The first-order valence-corrected chi connectivity index (χ1v) is 9.57. The topological polar surface area (TPSA) is 125 Å². The van der Waals surface area contributed by atoms with Crippen LogP contribution in [-0.4, -0.2) is 48.4 Å². The SMILES string of the molecule is Cc1ccccc1OCC(=O)NCCNC(=O)c1nc(-c2ccc3c(c2)OCO3)no1. The Balaban J connectivity index is 1.21. The zero-order valence-electron chi connectivity index (χ0n) is 16.7. The summed E-state index contributed by atoms with van der Waals surface area (Å²) < 4.78 is 21.1. The van der Waals surface area contributed by atoms with E-state index in [4.69, 9.17) is 18.7 Å². The van der Waals surface area contributed by atoms with Gasteiger partial charge in [0.15, 0.2) is 18.1 Å². The molecule has 0 saturated carbocycles. The molecule has 1 aliphatic rings. The summed E-state index contributed by atoms with van der Waals surface area (Å²) in [7, 11) is 0. The average Bonchev–Trinajstić information content (AvgIpc) is 3.45. The van der Waals surface area contributed by atoms with Gasteiger partial charge in [0.1, 0.15) is 5.75 Å². The summed E-state index contributed by atoms with van der Waals surface area (Å²) in [5.74, 6) is 1.12. The highest BCUT2D eigenvalue weighted by Crippen LogP contribution is 2.35. The molecule has 1 aliphatic heterocycles. The van der Waals surface area contributed by atoms with Gasteiger partial charge >= 0.3 is 11.8 Å². The Morgan fingerprint density at radius 1 is 1.06 bits per heavy atom. The van der Waals surface area contributed by atoms with E-state index in [-0.39, 0.29) is 44.1 Å². The number of para-hydroxylation sites is 1. The zero-order chi connectivity index (χ0) is 21.6. The van der Waals surface area contributed by atoms with Crippen LogP contribution in [0, 0.1) is 6.92 Å². The number of benzene rings is 2. The first-order valence-electron chi connectivity index (χ1n) is 9.57. The van der Waals surface area contributed by atoms with Crippen LogP contribution >= 0.6 is 0 Å². The summed E-state index contributed by atoms with van der Waals surface area (Å²) in [6.45, 7) is 2.37. The van der Waals surface area contributed by atoms with E-state index >= 15 is 0 Å². The number of nitrogens with one attached hydrogen (secondary N) is 2. The van der Waals surface area contributed by atoms with Crippen LogP contribution in [0.15, 0.2) is 47.0 Å². The lowest BCUT2D eigenvalue weighted by atomic mass is 10.2. The Bertz CT molecular complexity index is 1100. The molecule has 2 N–H and O–H groups in total. The molecule has 0 fully saturated rings. The van der Waals surface area contributed by atoms with Crippen molar-refractivity contribution in [3.05, 3.63) is 53.9 Å². The lowest BCUT2D eigenvalue weighted by Gasteiger charge is -2.09. The Kier molecular flexibility index (Phi) is 5.97. The molecular weight excluding hydrogens is 404 g/mol. The molecule has 1 aromatic heterocycles. The van der Waals surface area contributed by atoms with E-state index < -0.39 is 5.91 Å². The lowest BCUT2D eigenvalue weighted by Crippen LogP contribution is -2.36. The van der Waals surface area contributed by atoms with E-state index in [9.17, 15) is 9.59 Å². The Hall–Kier alpha value is -4.08. The van der Waals surface area contributed by atoms with Gasteiger partial charge in [-0.25, -0.2) is 0 Å². The second-order valence-corrected chi connectivity index (χ2v) is 6.65. The summed E-state index contributed by atoms with van der Waals surface area (Å²) in [5, 5.41) is 9.09. The van der Waals surface area contributed by atoms with Crippen molar-refractivity contribution >= 4 is 11.8 Å². The van der Waals surface area contributed by atoms with Crippen LogP contribution in [0.5, 0.6) is 17.2 Å². The minimum absolute atomic E-state index is 0.110. The van der Waals surface area contributed by atoms with Crippen LogP contribution in [0.25, 0.3) is 11.4 Å². The molecule has 0 spiro atoms. The van der Waals surface area contributed by atoms with Crippen molar-refractivity contribution in [1.82, 2.24) is 20.8 Å². The third kappa shape index (κ3) is 4.92. The molecule has 31 heavy (non-hydrogen) atoms. The fraction of sp³-hybridized carbons (Fsp3) is 0.238. The van der Waals surface area contributed by atoms with Crippen molar-refractivity contribution in [2.75, 3.05) is 26.5 Å². The van der Waals surface area contributed by atoms with E-state index in [1.807, 2.05) is 25.1 Å². The van der Waals surface area contributed by atoms with Crippen LogP contribution < -0.4 is 24.8 Å². The van der Waals surface area contributed by atoms with Gasteiger partial charge in [0.2, 0.25) is 12.6 Å². The van der Waals surface area contributed by atoms with Crippen LogP contribution in [0.1, 0.15) is 16.2 Å². The van der Waals surface area contributed by atoms with Crippen LogP contribution in [0.4, 0.5) is 0 Å². The highest BCUT2D eigenvalue weighted by Gasteiger charge is 2.19. The number of hydrogen-bond acceptors (Lipinski definition) is 8. The van der Waals surface area contributed by atoms with Crippen LogP contribution in [0.3, 0.4) is 0 Å². The van der Waals surface area contributed by atoms with E-state index in [1.54, 1.807) is 24.3 Å². The fourth-order valence-electron chi connectivity index (χ4n) is 2.83. The maximum atomic E-state index is 12.2. The Morgan fingerprint density at radius 3 is 2.74 bits per heavy atom. The number of ether oxygens (including phenoxy) is 3. The van der Waals surface area contributed by atoms with Crippen molar-refractivity contribution in [1.29, 1.82) is 0 Å². The molecule has 0 unspecified atom stereocenters. The third-order valence-corrected chi connectivity index (χ3v) is 4.44. The van der Waals surface area contributed by atoms with Gasteiger partial charge in [-0.3, -0.25) is 9.59 Å². The van der Waals surface area contributed by atoms with Crippen molar-refractivity contribution in [2.45, 2.75) is 6.92 Å². The minimum Gasteiger partial charge on any atom is -0.484 e. The summed E-state index contributed by atoms with van der Waals surface area (Å²) in [5.41, 5.74) is 1.58.